The van der Waals surface area contributed by atoms with Gasteiger partial charge in [-0.3, -0.25) is 4.79 Å². The Labute approximate surface area is 140 Å². The van der Waals surface area contributed by atoms with Crippen molar-refractivity contribution in [3.63, 3.8) is 0 Å². The van der Waals surface area contributed by atoms with Gasteiger partial charge in [-0.15, -0.1) is 0 Å². The second kappa shape index (κ2) is 7.42. The molecule has 22 heavy (non-hydrogen) atoms. The Morgan fingerprint density at radius 2 is 2.09 bits per heavy atom. The Bertz CT molecular complexity index is 528. The lowest BCUT2D eigenvalue weighted by atomic mass is 9.85. The van der Waals surface area contributed by atoms with Gasteiger partial charge in [0.15, 0.2) is 0 Å². The van der Waals surface area contributed by atoms with Crippen LogP contribution < -0.4 is 10.6 Å². The minimum Gasteiger partial charge on any atom is -0.396 e. The first kappa shape index (κ1) is 17.2. The molecule has 0 unspecified atom stereocenters. The highest BCUT2D eigenvalue weighted by molar-refractivity contribution is 9.10. The van der Waals surface area contributed by atoms with E-state index in [2.05, 4.69) is 39.7 Å². The average Bonchev–Trinajstić information content (AvgIpc) is 2.47. The summed E-state index contributed by atoms with van der Waals surface area (Å²) >= 11 is 3.38. The van der Waals surface area contributed by atoms with E-state index in [9.17, 15) is 9.90 Å². The maximum absolute atomic E-state index is 11.7. The highest BCUT2D eigenvalue weighted by Crippen LogP contribution is 2.34. The van der Waals surface area contributed by atoms with Gasteiger partial charge in [0.2, 0.25) is 0 Å². The zero-order chi connectivity index (χ0) is 16.3. The number of hydrogen-bond acceptors (Lipinski definition) is 4. The molecular formula is C16H24BrN3O2. The van der Waals surface area contributed by atoms with Crippen molar-refractivity contribution in [3.8, 4) is 0 Å². The molecule has 1 heterocycles. The molecule has 1 fully saturated rings. The van der Waals surface area contributed by atoms with Crippen LogP contribution in [0.4, 0.5) is 5.69 Å². The summed E-state index contributed by atoms with van der Waals surface area (Å²) in [6, 6.07) is 2.48. The topological polar surface area (TPSA) is 79.5 Å². The number of aromatic nitrogens is 1. The van der Waals surface area contributed by atoms with Crippen LogP contribution in [-0.4, -0.2) is 34.7 Å². The fraction of sp³-hybridized carbons (Fsp3) is 0.625. The van der Waals surface area contributed by atoms with Crippen LogP contribution in [-0.2, 0) is 0 Å². The van der Waals surface area contributed by atoms with E-state index in [-0.39, 0.29) is 12.6 Å². The summed E-state index contributed by atoms with van der Waals surface area (Å²) in [5, 5.41) is 9.31. The van der Waals surface area contributed by atoms with Gasteiger partial charge in [-0.05, 0) is 67.4 Å². The lowest BCUT2D eigenvalue weighted by Gasteiger charge is -2.41. The molecule has 0 aliphatic heterocycles. The number of carbonyl (C=O) groups excluding carboxylic acids is 1. The second-order valence-electron chi connectivity index (χ2n) is 6.25. The predicted octanol–water partition coefficient (Wildman–Crippen LogP) is 2.71. The van der Waals surface area contributed by atoms with Crippen LogP contribution in [0.25, 0.3) is 0 Å². The number of hydrogen-bond donors (Lipinski definition) is 2. The standard InChI is InChI=1S/C16H24BrN3O2/c1-10(2)20(12-5-3-11(9-21)4-6-12)14-7-15(17)19-8-13(14)16(18)22/h7-8,10-12,21H,3-6,9H2,1-2H3,(H2,18,22). The van der Waals surface area contributed by atoms with Gasteiger partial charge in [-0.25, -0.2) is 4.98 Å². The molecule has 1 aliphatic rings. The Morgan fingerprint density at radius 3 is 2.59 bits per heavy atom. The van der Waals surface area contributed by atoms with Gasteiger partial charge in [0.25, 0.3) is 5.91 Å². The van der Waals surface area contributed by atoms with Crippen LogP contribution in [0.2, 0.25) is 0 Å². The summed E-state index contributed by atoms with van der Waals surface area (Å²) in [6.45, 7) is 4.51. The van der Waals surface area contributed by atoms with Crippen LogP contribution in [0.15, 0.2) is 16.9 Å². The molecule has 0 bridgehead atoms. The van der Waals surface area contributed by atoms with Crippen LogP contribution in [0, 0.1) is 5.92 Å². The molecule has 1 aromatic rings. The maximum Gasteiger partial charge on any atom is 0.252 e. The van der Waals surface area contributed by atoms with Crippen molar-refractivity contribution >= 4 is 27.5 Å². The molecule has 0 aromatic carbocycles. The number of nitrogens with zero attached hydrogens (tertiary/aromatic N) is 2. The average molecular weight is 370 g/mol. The van der Waals surface area contributed by atoms with Crippen molar-refractivity contribution in [2.24, 2.45) is 11.7 Å². The first-order valence-corrected chi connectivity index (χ1v) is 8.57. The Balaban J connectivity index is 2.33. The molecule has 0 atom stereocenters. The first-order chi connectivity index (χ1) is 10.4. The van der Waals surface area contributed by atoms with Gasteiger partial charge in [-0.2, -0.15) is 0 Å². The number of carbonyl (C=O) groups is 1. The quantitative estimate of drug-likeness (QED) is 0.781. The van der Waals surface area contributed by atoms with E-state index in [1.165, 1.54) is 6.20 Å². The van der Waals surface area contributed by atoms with Gasteiger partial charge >= 0.3 is 0 Å². The fourth-order valence-corrected chi connectivity index (χ4v) is 3.64. The molecule has 3 N–H and O–H groups in total. The summed E-state index contributed by atoms with van der Waals surface area (Å²) in [4.78, 5) is 18.2. The largest absolute Gasteiger partial charge is 0.396 e. The summed E-state index contributed by atoms with van der Waals surface area (Å²) in [5.74, 6) is -0.0465. The predicted molar refractivity (Wildman–Crippen MR) is 90.9 cm³/mol. The highest BCUT2D eigenvalue weighted by atomic mass is 79.9. The highest BCUT2D eigenvalue weighted by Gasteiger charge is 2.29. The Kier molecular flexibility index (Phi) is 5.81. The van der Waals surface area contributed by atoms with Crippen LogP contribution in [0.1, 0.15) is 49.9 Å². The third-order valence-electron chi connectivity index (χ3n) is 4.42. The number of amides is 1. The van der Waals surface area contributed by atoms with Gasteiger partial charge in [0, 0.05) is 24.9 Å². The molecule has 0 saturated heterocycles. The zero-order valence-corrected chi connectivity index (χ0v) is 14.7. The van der Waals surface area contributed by atoms with Gasteiger partial charge in [0.1, 0.15) is 4.60 Å². The monoisotopic (exact) mass is 369 g/mol. The fourth-order valence-electron chi connectivity index (χ4n) is 3.33. The van der Waals surface area contributed by atoms with E-state index >= 15 is 0 Å². The molecular weight excluding hydrogens is 346 g/mol. The van der Waals surface area contributed by atoms with Crippen molar-refractivity contribution < 1.29 is 9.90 Å². The number of pyridine rings is 1. The number of aliphatic hydroxyl groups excluding tert-OH is 1. The smallest absolute Gasteiger partial charge is 0.252 e. The molecule has 1 saturated carbocycles. The second-order valence-corrected chi connectivity index (χ2v) is 7.06. The summed E-state index contributed by atoms with van der Waals surface area (Å²) in [5.41, 5.74) is 6.83. The van der Waals surface area contributed by atoms with Crippen molar-refractivity contribution in [2.75, 3.05) is 11.5 Å². The lowest BCUT2D eigenvalue weighted by Crippen LogP contribution is -2.44. The van der Waals surface area contributed by atoms with E-state index in [4.69, 9.17) is 5.73 Å². The van der Waals surface area contributed by atoms with E-state index in [0.717, 1.165) is 31.4 Å². The van der Waals surface area contributed by atoms with Crippen molar-refractivity contribution in [2.45, 2.75) is 51.6 Å². The molecule has 1 aliphatic carbocycles. The molecule has 1 aromatic heterocycles. The van der Waals surface area contributed by atoms with Crippen LogP contribution in [0.3, 0.4) is 0 Å². The molecule has 2 rings (SSSR count). The third-order valence-corrected chi connectivity index (χ3v) is 4.85. The SMILES string of the molecule is CC(C)N(c1cc(Br)ncc1C(N)=O)C1CCC(CO)CC1. The van der Waals surface area contributed by atoms with E-state index in [0.29, 0.717) is 22.1 Å². The summed E-state index contributed by atoms with van der Waals surface area (Å²) < 4.78 is 0.696. The van der Waals surface area contributed by atoms with Crippen LogP contribution in [0.5, 0.6) is 0 Å². The molecule has 122 valence electrons. The van der Waals surface area contributed by atoms with Crippen molar-refractivity contribution in [3.05, 3.63) is 22.4 Å². The number of nitrogens with two attached hydrogens (primary N) is 1. The summed E-state index contributed by atoms with van der Waals surface area (Å²) in [7, 11) is 0. The van der Waals surface area contributed by atoms with Crippen molar-refractivity contribution in [1.82, 2.24) is 4.98 Å². The van der Waals surface area contributed by atoms with Gasteiger partial charge in [0.05, 0.1) is 11.3 Å². The molecule has 1 amide bonds. The first-order valence-electron chi connectivity index (χ1n) is 7.78. The van der Waals surface area contributed by atoms with Gasteiger partial charge in [-0.1, -0.05) is 0 Å². The molecule has 0 spiro atoms. The minimum absolute atomic E-state index is 0.253. The van der Waals surface area contributed by atoms with Crippen molar-refractivity contribution in [1.29, 1.82) is 0 Å². The number of rotatable bonds is 5. The van der Waals surface area contributed by atoms with Gasteiger partial charge < -0.3 is 15.7 Å². The number of aliphatic hydroxyl groups is 1. The summed E-state index contributed by atoms with van der Waals surface area (Å²) in [6.07, 6.45) is 5.60. The number of anilines is 1. The number of halogens is 1. The Hall–Kier alpha value is -1.14. The third kappa shape index (κ3) is 3.79. The minimum atomic E-state index is -0.454. The molecule has 6 heteroatoms. The Morgan fingerprint density at radius 1 is 1.45 bits per heavy atom. The van der Waals surface area contributed by atoms with Crippen LogP contribution >= 0.6 is 15.9 Å². The maximum atomic E-state index is 11.7. The normalized spacial score (nSPS) is 21.9. The van der Waals surface area contributed by atoms with E-state index < -0.39 is 5.91 Å². The zero-order valence-electron chi connectivity index (χ0n) is 13.1. The molecule has 5 nitrogen and oxygen atoms in total. The van der Waals surface area contributed by atoms with E-state index in [1.54, 1.807) is 0 Å². The lowest BCUT2D eigenvalue weighted by molar-refractivity contribution is 0.1000. The number of primary amides is 1. The van der Waals surface area contributed by atoms with E-state index in [1.807, 2.05) is 6.07 Å². The molecule has 0 radical (unpaired) electrons.